The number of carbonyl (C=O) groups is 2. The highest BCUT2D eigenvalue weighted by Gasteiger charge is 2.13. The van der Waals surface area contributed by atoms with Crippen molar-refractivity contribution in [3.63, 3.8) is 0 Å². The van der Waals surface area contributed by atoms with Gasteiger partial charge in [0.2, 0.25) is 0 Å². The number of ether oxygens (including phenoxy) is 2. The van der Waals surface area contributed by atoms with Crippen molar-refractivity contribution in [2.24, 2.45) is 5.10 Å². The number of hydrogen-bond acceptors (Lipinski definition) is 8. The summed E-state index contributed by atoms with van der Waals surface area (Å²) in [6.07, 6.45) is 4.45. The molecule has 2 N–H and O–H groups in total. The molecule has 3 rings (SSSR count). The van der Waals surface area contributed by atoms with Crippen LogP contribution in [0.4, 0.5) is 11.4 Å². The number of nitrogens with zero attached hydrogens (tertiary/aromatic N) is 3. The summed E-state index contributed by atoms with van der Waals surface area (Å²) in [5.74, 6) is -0.208. The lowest BCUT2D eigenvalue weighted by Gasteiger charge is -2.12. The Balaban J connectivity index is 1.59. The van der Waals surface area contributed by atoms with Crippen molar-refractivity contribution in [1.29, 1.82) is 0 Å². The monoisotopic (exact) mass is 463 g/mol. The number of anilines is 1. The maximum Gasteiger partial charge on any atom is 0.271 e. The Hall–Kier alpha value is -4.80. The third kappa shape index (κ3) is 6.36. The summed E-state index contributed by atoms with van der Waals surface area (Å²) >= 11 is 0. The third-order valence-corrected chi connectivity index (χ3v) is 4.57. The van der Waals surface area contributed by atoms with E-state index in [1.54, 1.807) is 43.3 Å². The molecule has 11 nitrogen and oxygen atoms in total. The van der Waals surface area contributed by atoms with Gasteiger partial charge in [-0.2, -0.15) is 5.10 Å². The fourth-order valence-electron chi connectivity index (χ4n) is 2.80. The van der Waals surface area contributed by atoms with Crippen LogP contribution in [0.25, 0.3) is 0 Å². The number of hydrazone groups is 1. The zero-order valence-electron chi connectivity index (χ0n) is 18.3. The number of nitro groups is 1. The van der Waals surface area contributed by atoms with Gasteiger partial charge < -0.3 is 14.8 Å². The van der Waals surface area contributed by atoms with Crippen LogP contribution in [0.1, 0.15) is 21.5 Å². The molecule has 0 aliphatic rings. The second kappa shape index (κ2) is 11.2. The first-order valence-corrected chi connectivity index (χ1v) is 9.96. The Bertz CT molecular complexity index is 1230. The second-order valence-electron chi connectivity index (χ2n) is 6.94. The predicted octanol–water partition coefficient (Wildman–Crippen LogP) is 3.09. The van der Waals surface area contributed by atoms with Gasteiger partial charge in [0.25, 0.3) is 17.5 Å². The van der Waals surface area contributed by atoms with E-state index in [-0.39, 0.29) is 18.2 Å². The number of aryl methyl sites for hydroxylation is 1. The number of nitro benzene ring substituents is 1. The zero-order chi connectivity index (χ0) is 24.5. The molecule has 34 heavy (non-hydrogen) atoms. The van der Waals surface area contributed by atoms with E-state index < -0.39 is 10.8 Å². The first kappa shape index (κ1) is 23.9. The van der Waals surface area contributed by atoms with Crippen LogP contribution in [0.15, 0.2) is 66.0 Å². The molecule has 2 amide bonds. The molecule has 0 bridgehead atoms. The number of hydrogen-bond donors (Lipinski definition) is 2. The van der Waals surface area contributed by atoms with Crippen LogP contribution in [0.2, 0.25) is 0 Å². The van der Waals surface area contributed by atoms with Crippen LogP contribution < -0.4 is 20.2 Å². The van der Waals surface area contributed by atoms with Gasteiger partial charge in [-0.15, -0.1) is 0 Å². The molecule has 174 valence electrons. The summed E-state index contributed by atoms with van der Waals surface area (Å²) in [7, 11) is 1.45. The van der Waals surface area contributed by atoms with E-state index >= 15 is 0 Å². The molecule has 0 aliphatic carbocycles. The largest absolute Gasteiger partial charge is 0.493 e. The van der Waals surface area contributed by atoms with E-state index in [0.29, 0.717) is 33.9 Å². The molecule has 0 fully saturated rings. The quantitative estimate of drug-likeness (QED) is 0.282. The minimum absolute atomic E-state index is 0.127. The lowest BCUT2D eigenvalue weighted by Crippen LogP contribution is -2.21. The summed E-state index contributed by atoms with van der Waals surface area (Å²) < 4.78 is 10.9. The van der Waals surface area contributed by atoms with Crippen LogP contribution in [-0.2, 0) is 4.79 Å². The minimum Gasteiger partial charge on any atom is -0.493 e. The van der Waals surface area contributed by atoms with Crippen molar-refractivity contribution in [2.45, 2.75) is 6.92 Å². The summed E-state index contributed by atoms with van der Waals surface area (Å²) in [6.45, 7) is 1.39. The first-order chi connectivity index (χ1) is 16.4. The van der Waals surface area contributed by atoms with Gasteiger partial charge in [0.1, 0.15) is 0 Å². The highest BCUT2D eigenvalue weighted by Crippen LogP contribution is 2.28. The molecule has 1 aromatic heterocycles. The number of methoxy groups -OCH3 is 1. The molecule has 0 atom stereocenters. The molecule has 0 saturated heterocycles. The summed E-state index contributed by atoms with van der Waals surface area (Å²) in [6, 6.07) is 12.2. The van der Waals surface area contributed by atoms with Crippen molar-refractivity contribution < 1.29 is 24.0 Å². The number of amides is 2. The maximum absolute atomic E-state index is 12.3. The summed E-state index contributed by atoms with van der Waals surface area (Å²) in [5, 5.41) is 17.5. The first-order valence-electron chi connectivity index (χ1n) is 9.96. The second-order valence-corrected chi connectivity index (χ2v) is 6.94. The Labute approximate surface area is 194 Å². The fourth-order valence-corrected chi connectivity index (χ4v) is 2.80. The van der Waals surface area contributed by atoms with Gasteiger partial charge in [0, 0.05) is 30.1 Å². The number of carbonyl (C=O) groups excluding carboxylic acids is 2. The number of non-ortho nitro benzene ring substituents is 1. The van der Waals surface area contributed by atoms with Gasteiger partial charge in [0.15, 0.2) is 18.1 Å². The van der Waals surface area contributed by atoms with E-state index in [9.17, 15) is 19.7 Å². The lowest BCUT2D eigenvalue weighted by atomic mass is 10.2. The third-order valence-electron chi connectivity index (χ3n) is 4.57. The van der Waals surface area contributed by atoms with Gasteiger partial charge in [-0.1, -0.05) is 6.07 Å². The molecular weight excluding hydrogens is 442 g/mol. The number of aromatic nitrogens is 1. The van der Waals surface area contributed by atoms with Crippen molar-refractivity contribution >= 4 is 29.4 Å². The minimum atomic E-state index is -0.536. The van der Waals surface area contributed by atoms with Gasteiger partial charge in [0.05, 0.1) is 23.9 Å². The standard InChI is InChI=1S/C23H21N5O6/c1-15-3-5-18(28(31)32)12-19(15)26-22(29)14-34-20-6-4-16(11-21(20)33-2)13-25-27-23(30)17-7-9-24-10-8-17/h3-13H,14H2,1-2H3,(H,26,29)(H,27,30). The van der Waals surface area contributed by atoms with E-state index in [0.717, 1.165) is 0 Å². The van der Waals surface area contributed by atoms with Gasteiger partial charge in [-0.25, -0.2) is 5.43 Å². The fraction of sp³-hybridized carbons (Fsp3) is 0.130. The van der Waals surface area contributed by atoms with E-state index in [1.165, 1.54) is 37.9 Å². The number of nitrogens with one attached hydrogen (secondary N) is 2. The van der Waals surface area contributed by atoms with Gasteiger partial charge in [-0.05, 0) is 48.4 Å². The number of rotatable bonds is 9. The van der Waals surface area contributed by atoms with Crippen LogP contribution in [0.3, 0.4) is 0 Å². The van der Waals surface area contributed by atoms with Crippen molar-refractivity contribution in [3.05, 3.63) is 87.7 Å². The van der Waals surface area contributed by atoms with E-state index in [2.05, 4.69) is 20.8 Å². The van der Waals surface area contributed by atoms with Crippen LogP contribution in [0.5, 0.6) is 11.5 Å². The van der Waals surface area contributed by atoms with Gasteiger partial charge >= 0.3 is 0 Å². The SMILES string of the molecule is COc1cc(C=NNC(=O)c2ccncc2)ccc1OCC(=O)Nc1cc([N+](=O)[O-])ccc1C. The van der Waals surface area contributed by atoms with Crippen LogP contribution >= 0.6 is 0 Å². The highest BCUT2D eigenvalue weighted by atomic mass is 16.6. The van der Waals surface area contributed by atoms with Crippen LogP contribution in [-0.4, -0.2) is 41.7 Å². The lowest BCUT2D eigenvalue weighted by molar-refractivity contribution is -0.384. The average Bonchev–Trinajstić information content (AvgIpc) is 2.84. The number of benzene rings is 2. The van der Waals surface area contributed by atoms with Gasteiger partial charge in [-0.3, -0.25) is 24.7 Å². The molecule has 3 aromatic rings. The molecule has 11 heteroatoms. The predicted molar refractivity (Wildman–Crippen MR) is 124 cm³/mol. The van der Waals surface area contributed by atoms with E-state index in [4.69, 9.17) is 9.47 Å². The Morgan fingerprint density at radius 3 is 2.59 bits per heavy atom. The highest BCUT2D eigenvalue weighted by molar-refractivity contribution is 5.95. The Morgan fingerprint density at radius 2 is 1.88 bits per heavy atom. The Morgan fingerprint density at radius 1 is 1.12 bits per heavy atom. The van der Waals surface area contributed by atoms with Crippen molar-refractivity contribution in [3.8, 4) is 11.5 Å². The molecular formula is C23H21N5O6. The van der Waals surface area contributed by atoms with Crippen molar-refractivity contribution in [2.75, 3.05) is 19.0 Å². The van der Waals surface area contributed by atoms with E-state index in [1.807, 2.05) is 0 Å². The topological polar surface area (TPSA) is 145 Å². The molecule has 0 aliphatic heterocycles. The molecule has 1 heterocycles. The summed E-state index contributed by atoms with van der Waals surface area (Å²) in [4.78, 5) is 38.6. The average molecular weight is 463 g/mol. The number of pyridine rings is 1. The molecule has 0 saturated carbocycles. The normalized spacial score (nSPS) is 10.5. The van der Waals surface area contributed by atoms with Crippen LogP contribution in [0, 0.1) is 17.0 Å². The molecule has 0 unspecified atom stereocenters. The molecule has 2 aromatic carbocycles. The molecule has 0 spiro atoms. The Kier molecular flexibility index (Phi) is 7.84. The zero-order valence-corrected chi connectivity index (χ0v) is 18.3. The molecule has 0 radical (unpaired) electrons. The maximum atomic E-state index is 12.3. The summed E-state index contributed by atoms with van der Waals surface area (Å²) in [5.41, 5.74) is 4.34. The smallest absolute Gasteiger partial charge is 0.271 e. The van der Waals surface area contributed by atoms with Crippen molar-refractivity contribution in [1.82, 2.24) is 10.4 Å².